The maximum atomic E-state index is 13.3. The van der Waals surface area contributed by atoms with Gasteiger partial charge in [0.2, 0.25) is 0 Å². The molecule has 1 aromatic rings. The average molecular weight is 460 g/mol. The lowest BCUT2D eigenvalue weighted by Gasteiger charge is -2.47. The van der Waals surface area contributed by atoms with Crippen LogP contribution in [0.5, 0.6) is 0 Å². The highest BCUT2D eigenvalue weighted by molar-refractivity contribution is 9.10. The Bertz CT molecular complexity index is 807. The van der Waals surface area contributed by atoms with Crippen molar-refractivity contribution in [3.63, 3.8) is 0 Å². The summed E-state index contributed by atoms with van der Waals surface area (Å²) in [6.07, 6.45) is 9.30. The van der Waals surface area contributed by atoms with Crippen LogP contribution in [0.15, 0.2) is 27.8 Å². The molecule has 0 radical (unpaired) electrons. The fourth-order valence-electron chi connectivity index (χ4n) is 6.12. The van der Waals surface area contributed by atoms with Crippen molar-refractivity contribution in [2.24, 2.45) is 21.8 Å². The first-order chi connectivity index (χ1) is 13.6. The van der Waals surface area contributed by atoms with E-state index in [1.807, 2.05) is 6.07 Å². The lowest BCUT2D eigenvalue weighted by atomic mass is 9.63. The van der Waals surface area contributed by atoms with E-state index in [2.05, 4.69) is 61.1 Å². The molecule has 0 spiro atoms. The Morgan fingerprint density at radius 3 is 2.38 bits per heavy atom. The molecule has 2 amide bonds. The van der Waals surface area contributed by atoms with Gasteiger partial charge < -0.3 is 5.32 Å². The molecular weight excluding hydrogens is 426 g/mol. The van der Waals surface area contributed by atoms with Crippen LogP contribution in [0.2, 0.25) is 0 Å². The minimum atomic E-state index is -0.0892. The van der Waals surface area contributed by atoms with Gasteiger partial charge >= 0.3 is 6.03 Å². The maximum Gasteiger partial charge on any atom is 0.342 e. The van der Waals surface area contributed by atoms with Crippen molar-refractivity contribution in [3.8, 4) is 0 Å². The molecule has 0 saturated heterocycles. The number of anilines is 1. The molecule has 158 valence electrons. The predicted molar refractivity (Wildman–Crippen MR) is 123 cm³/mol. The second kappa shape index (κ2) is 7.72. The van der Waals surface area contributed by atoms with Crippen molar-refractivity contribution in [2.45, 2.75) is 85.1 Å². The highest BCUT2D eigenvalue weighted by Gasteiger charge is 2.43. The SMILES string of the molecule is CC1(C)CC(N2N=C(C3CCCCC3)c3ccc(Br)cc3NC2=O)CC(C)(C)C1. The summed E-state index contributed by atoms with van der Waals surface area (Å²) in [4.78, 5) is 13.3. The van der Waals surface area contributed by atoms with Gasteiger partial charge in [0.15, 0.2) is 0 Å². The van der Waals surface area contributed by atoms with Gasteiger partial charge in [-0.2, -0.15) is 5.10 Å². The van der Waals surface area contributed by atoms with Gasteiger partial charge in [0.25, 0.3) is 0 Å². The third-order valence-electron chi connectivity index (χ3n) is 6.79. The normalized spacial score (nSPS) is 25.1. The molecule has 1 N–H and O–H groups in total. The number of rotatable bonds is 2. The number of halogens is 1. The van der Waals surface area contributed by atoms with Crippen LogP contribution in [0, 0.1) is 16.7 Å². The highest BCUT2D eigenvalue weighted by Crippen LogP contribution is 2.47. The third-order valence-corrected chi connectivity index (χ3v) is 7.29. The van der Waals surface area contributed by atoms with Gasteiger partial charge in [-0.25, -0.2) is 9.80 Å². The van der Waals surface area contributed by atoms with E-state index in [0.717, 1.165) is 47.1 Å². The number of urea groups is 1. The predicted octanol–water partition coefficient (Wildman–Crippen LogP) is 7.19. The van der Waals surface area contributed by atoms with Gasteiger partial charge in [-0.05, 0) is 61.1 Å². The third kappa shape index (κ3) is 4.55. The van der Waals surface area contributed by atoms with E-state index in [4.69, 9.17) is 5.10 Å². The van der Waals surface area contributed by atoms with Crippen LogP contribution in [0.4, 0.5) is 10.5 Å². The van der Waals surface area contributed by atoms with Gasteiger partial charge in [-0.3, -0.25) is 0 Å². The Hall–Kier alpha value is -1.36. The summed E-state index contributed by atoms with van der Waals surface area (Å²) >= 11 is 3.57. The molecule has 0 atom stereocenters. The molecular formula is C24H34BrN3O. The zero-order chi connectivity index (χ0) is 20.8. The second-order valence-corrected chi connectivity index (χ2v) is 11.8. The van der Waals surface area contributed by atoms with Crippen LogP contribution in [-0.4, -0.2) is 22.8 Å². The fourth-order valence-corrected chi connectivity index (χ4v) is 6.48. The van der Waals surface area contributed by atoms with Crippen molar-refractivity contribution in [2.75, 3.05) is 5.32 Å². The minimum Gasteiger partial charge on any atom is -0.306 e. The molecule has 1 aliphatic heterocycles. The van der Waals surface area contributed by atoms with Gasteiger partial charge in [0, 0.05) is 16.0 Å². The molecule has 0 bridgehead atoms. The topological polar surface area (TPSA) is 44.7 Å². The Morgan fingerprint density at radius 2 is 1.72 bits per heavy atom. The number of hydrogen-bond donors (Lipinski definition) is 1. The van der Waals surface area contributed by atoms with Crippen LogP contribution >= 0.6 is 15.9 Å². The molecule has 0 aromatic heterocycles. The van der Waals surface area contributed by atoms with Gasteiger partial charge in [-0.15, -0.1) is 0 Å². The largest absolute Gasteiger partial charge is 0.342 e. The summed E-state index contributed by atoms with van der Waals surface area (Å²) in [6, 6.07) is 6.24. The average Bonchev–Trinajstić information content (AvgIpc) is 2.75. The van der Waals surface area contributed by atoms with E-state index in [1.165, 1.54) is 25.7 Å². The van der Waals surface area contributed by atoms with E-state index < -0.39 is 0 Å². The quantitative estimate of drug-likeness (QED) is 0.499. The van der Waals surface area contributed by atoms with Crippen molar-refractivity contribution in [1.29, 1.82) is 0 Å². The summed E-state index contributed by atoms with van der Waals surface area (Å²) < 4.78 is 0.980. The molecule has 2 saturated carbocycles. The van der Waals surface area contributed by atoms with Crippen LogP contribution < -0.4 is 5.32 Å². The standard InChI is InChI=1S/C24H34BrN3O/c1-23(2)13-18(14-24(3,4)15-23)28-22(29)26-20-12-17(25)10-11-19(20)21(27-28)16-8-6-5-7-9-16/h10-12,16,18H,5-9,13-15H2,1-4H3,(H,26,29). The number of benzene rings is 1. The summed E-state index contributed by atoms with van der Waals surface area (Å²) in [5.41, 5.74) is 3.48. The summed E-state index contributed by atoms with van der Waals surface area (Å²) in [7, 11) is 0. The number of nitrogens with zero attached hydrogens (tertiary/aromatic N) is 2. The van der Waals surface area contributed by atoms with Crippen molar-refractivity contribution in [1.82, 2.24) is 5.01 Å². The van der Waals surface area contributed by atoms with Crippen molar-refractivity contribution in [3.05, 3.63) is 28.2 Å². The molecule has 29 heavy (non-hydrogen) atoms. The van der Waals surface area contributed by atoms with Crippen molar-refractivity contribution >= 4 is 33.4 Å². The van der Waals surface area contributed by atoms with Crippen LogP contribution in [0.1, 0.15) is 84.6 Å². The maximum absolute atomic E-state index is 13.3. The number of hydrogen-bond acceptors (Lipinski definition) is 2. The zero-order valence-corrected chi connectivity index (χ0v) is 19.8. The Balaban J connectivity index is 1.75. The molecule has 5 heteroatoms. The minimum absolute atomic E-state index is 0.0892. The van der Waals surface area contributed by atoms with Crippen LogP contribution in [-0.2, 0) is 0 Å². The molecule has 2 fully saturated rings. The number of hydrazone groups is 1. The van der Waals surface area contributed by atoms with Gasteiger partial charge in [0.05, 0.1) is 17.4 Å². The molecule has 3 aliphatic rings. The number of carbonyl (C=O) groups is 1. The Kier molecular flexibility index (Phi) is 5.56. The van der Waals surface area contributed by atoms with E-state index in [9.17, 15) is 4.79 Å². The number of carbonyl (C=O) groups excluding carboxylic acids is 1. The molecule has 4 rings (SSSR count). The van der Waals surface area contributed by atoms with E-state index >= 15 is 0 Å². The Labute approximate surface area is 183 Å². The van der Waals surface area contributed by atoms with Crippen LogP contribution in [0.25, 0.3) is 0 Å². The van der Waals surface area contributed by atoms with Crippen molar-refractivity contribution < 1.29 is 4.79 Å². The van der Waals surface area contributed by atoms with Gasteiger partial charge in [0.1, 0.15) is 0 Å². The lowest BCUT2D eigenvalue weighted by Crippen LogP contribution is -2.47. The zero-order valence-electron chi connectivity index (χ0n) is 18.2. The smallest absolute Gasteiger partial charge is 0.306 e. The molecule has 1 aromatic carbocycles. The molecule has 4 nitrogen and oxygen atoms in total. The number of fused-ring (bicyclic) bond motifs is 1. The highest BCUT2D eigenvalue weighted by atomic mass is 79.9. The summed E-state index contributed by atoms with van der Waals surface area (Å²) in [6.45, 7) is 9.31. The molecule has 1 heterocycles. The van der Waals surface area contributed by atoms with E-state index in [1.54, 1.807) is 5.01 Å². The molecule has 0 unspecified atom stereocenters. The lowest BCUT2D eigenvalue weighted by molar-refractivity contribution is 0.0432. The van der Waals surface area contributed by atoms with E-state index in [0.29, 0.717) is 5.92 Å². The summed E-state index contributed by atoms with van der Waals surface area (Å²) in [5.74, 6) is 0.434. The first-order valence-electron chi connectivity index (χ1n) is 11.1. The second-order valence-electron chi connectivity index (χ2n) is 10.9. The van der Waals surface area contributed by atoms with Gasteiger partial charge in [-0.1, -0.05) is 62.9 Å². The first kappa shape index (κ1) is 20.9. The fraction of sp³-hybridized carbons (Fsp3) is 0.667. The number of amides is 2. The first-order valence-corrected chi connectivity index (χ1v) is 11.9. The Morgan fingerprint density at radius 1 is 1.07 bits per heavy atom. The summed E-state index contributed by atoms with van der Waals surface area (Å²) in [5, 5.41) is 10.1. The number of nitrogens with one attached hydrogen (secondary N) is 1. The van der Waals surface area contributed by atoms with Crippen LogP contribution in [0.3, 0.4) is 0 Å². The molecule has 2 aliphatic carbocycles. The van der Waals surface area contributed by atoms with E-state index in [-0.39, 0.29) is 22.9 Å². The monoisotopic (exact) mass is 459 g/mol.